The fourth-order valence-corrected chi connectivity index (χ4v) is 3.90. The van der Waals surface area contributed by atoms with E-state index in [0.717, 1.165) is 5.92 Å². The Morgan fingerprint density at radius 1 is 1.22 bits per heavy atom. The van der Waals surface area contributed by atoms with Gasteiger partial charge in [-0.15, -0.1) is 0 Å². The second-order valence-electron chi connectivity index (χ2n) is 7.42. The third kappa shape index (κ3) is 2.46. The summed E-state index contributed by atoms with van der Waals surface area (Å²) in [5.74, 6) is 1.42. The second-order valence-corrected chi connectivity index (χ2v) is 7.42. The van der Waals surface area contributed by atoms with Crippen molar-refractivity contribution >= 4 is 0 Å². The molecule has 2 heteroatoms. The topological polar surface area (TPSA) is 38.0 Å². The molecule has 0 radical (unpaired) electrons. The van der Waals surface area contributed by atoms with Gasteiger partial charge in [-0.2, -0.15) is 0 Å². The van der Waals surface area contributed by atoms with Crippen LogP contribution in [0.5, 0.6) is 0 Å². The predicted molar refractivity (Wildman–Crippen MR) is 78.5 cm³/mol. The lowest BCUT2D eigenvalue weighted by Crippen LogP contribution is -2.55. The normalized spacial score (nSPS) is 38.2. The Balaban J connectivity index is 1.92. The highest BCUT2D eigenvalue weighted by molar-refractivity contribution is 4.98. The Bertz CT molecular complexity index is 275. The molecule has 18 heavy (non-hydrogen) atoms. The van der Waals surface area contributed by atoms with E-state index in [9.17, 15) is 0 Å². The molecular weight excluding hydrogens is 220 g/mol. The summed E-state index contributed by atoms with van der Waals surface area (Å²) in [6.07, 6.45) is 7.96. The molecule has 3 unspecified atom stereocenters. The van der Waals surface area contributed by atoms with E-state index in [2.05, 4.69) is 33.0 Å². The van der Waals surface area contributed by atoms with Crippen LogP contribution in [0.25, 0.3) is 0 Å². The van der Waals surface area contributed by atoms with Crippen LogP contribution < -0.4 is 11.1 Å². The minimum absolute atomic E-state index is 0.378. The Morgan fingerprint density at radius 3 is 2.39 bits per heavy atom. The van der Waals surface area contributed by atoms with E-state index in [1.807, 2.05) is 0 Å². The minimum atomic E-state index is 0.378. The van der Waals surface area contributed by atoms with Gasteiger partial charge in [-0.25, -0.2) is 0 Å². The van der Waals surface area contributed by atoms with Gasteiger partial charge < -0.3 is 11.1 Å². The smallest absolute Gasteiger partial charge is 0.0179 e. The lowest BCUT2D eigenvalue weighted by molar-refractivity contribution is 0.0411. The number of hydrogen-bond donors (Lipinski definition) is 2. The van der Waals surface area contributed by atoms with Gasteiger partial charge >= 0.3 is 0 Å². The van der Waals surface area contributed by atoms with E-state index < -0.39 is 0 Å². The predicted octanol–water partition coefficient (Wildman–Crippen LogP) is 3.31. The highest BCUT2D eigenvalue weighted by atomic mass is 15.0. The zero-order chi connectivity index (χ0) is 13.4. The molecule has 2 nitrogen and oxygen atoms in total. The van der Waals surface area contributed by atoms with E-state index in [4.69, 9.17) is 5.73 Å². The SMILES string of the molecule is CCC1(NCC2CCC(N)C(C)C2(C)C)CCC1. The van der Waals surface area contributed by atoms with Crippen molar-refractivity contribution in [3.63, 3.8) is 0 Å². The van der Waals surface area contributed by atoms with Gasteiger partial charge in [0.05, 0.1) is 0 Å². The third-order valence-electron chi connectivity index (χ3n) is 6.43. The third-order valence-corrected chi connectivity index (χ3v) is 6.43. The summed E-state index contributed by atoms with van der Waals surface area (Å²) in [6, 6.07) is 0.403. The molecule has 106 valence electrons. The van der Waals surface area contributed by atoms with Crippen molar-refractivity contribution < 1.29 is 0 Å². The fourth-order valence-electron chi connectivity index (χ4n) is 3.90. The first-order valence-corrected chi connectivity index (χ1v) is 7.92. The summed E-state index contributed by atoms with van der Waals surface area (Å²) in [4.78, 5) is 0. The van der Waals surface area contributed by atoms with Crippen LogP contribution in [0, 0.1) is 17.3 Å². The molecular formula is C16H32N2. The molecule has 2 aliphatic carbocycles. The molecule has 0 aromatic carbocycles. The Labute approximate surface area is 113 Å². The first-order valence-electron chi connectivity index (χ1n) is 7.92. The van der Waals surface area contributed by atoms with Crippen LogP contribution >= 0.6 is 0 Å². The van der Waals surface area contributed by atoms with Gasteiger partial charge in [0.2, 0.25) is 0 Å². The second kappa shape index (κ2) is 5.13. The van der Waals surface area contributed by atoms with Gasteiger partial charge in [0.15, 0.2) is 0 Å². The lowest BCUT2D eigenvalue weighted by Gasteiger charge is -2.50. The summed E-state index contributed by atoms with van der Waals surface area (Å²) >= 11 is 0. The Morgan fingerprint density at radius 2 is 1.89 bits per heavy atom. The van der Waals surface area contributed by atoms with E-state index in [0.29, 0.717) is 22.9 Å². The quantitative estimate of drug-likeness (QED) is 0.805. The van der Waals surface area contributed by atoms with Crippen LogP contribution in [0.4, 0.5) is 0 Å². The van der Waals surface area contributed by atoms with Crippen LogP contribution in [-0.2, 0) is 0 Å². The molecule has 3 atom stereocenters. The van der Waals surface area contributed by atoms with Crippen molar-refractivity contribution in [3.05, 3.63) is 0 Å². The average Bonchev–Trinajstić information content (AvgIpc) is 2.28. The highest BCUT2D eigenvalue weighted by Gasteiger charge is 2.43. The maximum atomic E-state index is 6.24. The molecule has 0 aliphatic heterocycles. The fraction of sp³-hybridized carbons (Fsp3) is 1.00. The molecule has 0 aromatic rings. The van der Waals surface area contributed by atoms with Crippen molar-refractivity contribution in [2.45, 2.75) is 77.8 Å². The van der Waals surface area contributed by atoms with Gasteiger partial charge in [0.1, 0.15) is 0 Å². The summed E-state index contributed by atoms with van der Waals surface area (Å²) < 4.78 is 0. The molecule has 2 rings (SSSR count). The first-order chi connectivity index (χ1) is 8.41. The Hall–Kier alpha value is -0.0800. The Kier molecular flexibility index (Phi) is 4.08. The average molecular weight is 252 g/mol. The molecule has 2 saturated carbocycles. The standard InChI is InChI=1S/C16H32N2/c1-5-16(9-6-10-16)18-11-13-7-8-14(17)12(2)15(13,3)4/h12-14,18H,5-11,17H2,1-4H3. The molecule has 2 aliphatic rings. The van der Waals surface area contributed by atoms with Crippen molar-refractivity contribution in [1.82, 2.24) is 5.32 Å². The largest absolute Gasteiger partial charge is 0.327 e. The van der Waals surface area contributed by atoms with Crippen LogP contribution in [-0.4, -0.2) is 18.1 Å². The summed E-state index contributed by atoms with van der Waals surface area (Å²) in [5.41, 5.74) is 7.10. The van der Waals surface area contributed by atoms with Gasteiger partial charge in [-0.1, -0.05) is 27.7 Å². The van der Waals surface area contributed by atoms with Crippen molar-refractivity contribution in [2.24, 2.45) is 23.0 Å². The van der Waals surface area contributed by atoms with E-state index >= 15 is 0 Å². The summed E-state index contributed by atoms with van der Waals surface area (Å²) in [6.45, 7) is 10.7. The number of nitrogens with two attached hydrogens (primary N) is 1. The zero-order valence-electron chi connectivity index (χ0n) is 12.8. The number of hydrogen-bond acceptors (Lipinski definition) is 2. The zero-order valence-corrected chi connectivity index (χ0v) is 12.8. The first kappa shape index (κ1) is 14.3. The lowest BCUT2D eigenvalue weighted by atomic mass is 9.61. The maximum Gasteiger partial charge on any atom is 0.0179 e. The van der Waals surface area contributed by atoms with Crippen LogP contribution in [0.2, 0.25) is 0 Å². The number of nitrogens with one attached hydrogen (secondary N) is 1. The van der Waals surface area contributed by atoms with E-state index in [1.165, 1.54) is 45.1 Å². The van der Waals surface area contributed by atoms with Gasteiger partial charge in [-0.3, -0.25) is 0 Å². The summed E-state index contributed by atoms with van der Waals surface area (Å²) in [7, 11) is 0. The molecule has 0 aromatic heterocycles. The van der Waals surface area contributed by atoms with Gasteiger partial charge in [0, 0.05) is 11.6 Å². The number of rotatable bonds is 4. The van der Waals surface area contributed by atoms with E-state index in [1.54, 1.807) is 0 Å². The molecule has 0 saturated heterocycles. The van der Waals surface area contributed by atoms with Crippen LogP contribution in [0.1, 0.15) is 66.2 Å². The highest BCUT2D eigenvalue weighted by Crippen LogP contribution is 2.45. The minimum Gasteiger partial charge on any atom is -0.327 e. The molecule has 3 N–H and O–H groups in total. The van der Waals surface area contributed by atoms with Crippen molar-refractivity contribution in [3.8, 4) is 0 Å². The van der Waals surface area contributed by atoms with Crippen molar-refractivity contribution in [2.75, 3.05) is 6.54 Å². The molecule has 0 heterocycles. The van der Waals surface area contributed by atoms with Crippen LogP contribution in [0.3, 0.4) is 0 Å². The molecule has 0 spiro atoms. The van der Waals surface area contributed by atoms with Crippen LogP contribution in [0.15, 0.2) is 0 Å². The molecule has 0 bridgehead atoms. The monoisotopic (exact) mass is 252 g/mol. The van der Waals surface area contributed by atoms with E-state index in [-0.39, 0.29) is 0 Å². The maximum absolute atomic E-state index is 6.24. The van der Waals surface area contributed by atoms with Gasteiger partial charge in [0.25, 0.3) is 0 Å². The summed E-state index contributed by atoms with van der Waals surface area (Å²) in [5, 5.41) is 3.90. The van der Waals surface area contributed by atoms with Crippen molar-refractivity contribution in [1.29, 1.82) is 0 Å². The molecule has 2 fully saturated rings. The van der Waals surface area contributed by atoms with Gasteiger partial charge in [-0.05, 0) is 62.3 Å². The molecule has 0 amide bonds.